The van der Waals surface area contributed by atoms with E-state index in [2.05, 4.69) is 27.1 Å². The molecule has 4 aliphatic rings. The minimum Gasteiger partial charge on any atom is -0.445 e. The SMILES string of the molecule is C=CCOC(=O)Nc1cc2n(n1)CCN(c1nc(C34CC(C(F)F)(C3)C4)no1)C2C. The quantitative estimate of drug-likeness (QED) is 0.716. The number of nitrogens with zero attached hydrogens (tertiary/aromatic N) is 5. The maximum Gasteiger partial charge on any atom is 0.413 e. The minimum absolute atomic E-state index is 0.114. The molecule has 0 spiro atoms. The first kappa shape index (κ1) is 19.0. The molecule has 1 amide bonds. The molecule has 160 valence electrons. The Morgan fingerprint density at radius 1 is 1.47 bits per heavy atom. The van der Waals surface area contributed by atoms with Crippen LogP contribution in [-0.4, -0.2) is 45.6 Å². The van der Waals surface area contributed by atoms with Crippen molar-refractivity contribution in [1.29, 1.82) is 0 Å². The number of aromatic nitrogens is 4. The van der Waals surface area contributed by atoms with Crippen molar-refractivity contribution in [1.82, 2.24) is 19.9 Å². The molecule has 3 saturated carbocycles. The lowest BCUT2D eigenvalue weighted by atomic mass is 9.35. The van der Waals surface area contributed by atoms with Gasteiger partial charge in [0.15, 0.2) is 11.6 Å². The maximum absolute atomic E-state index is 13.1. The Balaban J connectivity index is 1.28. The summed E-state index contributed by atoms with van der Waals surface area (Å²) in [7, 11) is 0. The Hall–Kier alpha value is -2.98. The van der Waals surface area contributed by atoms with Crippen LogP contribution in [0.4, 0.5) is 25.4 Å². The lowest BCUT2D eigenvalue weighted by Crippen LogP contribution is -2.68. The number of rotatable bonds is 6. The van der Waals surface area contributed by atoms with E-state index in [1.807, 2.05) is 16.5 Å². The van der Waals surface area contributed by atoms with Gasteiger partial charge in [0.1, 0.15) is 6.61 Å². The van der Waals surface area contributed by atoms with Gasteiger partial charge >= 0.3 is 12.1 Å². The average molecular weight is 420 g/mol. The number of nitrogens with one attached hydrogen (secondary N) is 1. The minimum atomic E-state index is -2.29. The normalized spacial score (nSPS) is 29.1. The van der Waals surface area contributed by atoms with Crippen molar-refractivity contribution in [3.8, 4) is 0 Å². The first-order valence-corrected chi connectivity index (χ1v) is 9.87. The van der Waals surface area contributed by atoms with Crippen molar-refractivity contribution >= 4 is 17.9 Å². The third kappa shape index (κ3) is 2.71. The van der Waals surface area contributed by atoms with Crippen LogP contribution in [0.3, 0.4) is 0 Å². The summed E-state index contributed by atoms with van der Waals surface area (Å²) >= 11 is 0. The summed E-state index contributed by atoms with van der Waals surface area (Å²) in [6, 6.07) is 2.02. The van der Waals surface area contributed by atoms with E-state index in [-0.39, 0.29) is 18.1 Å². The predicted octanol–water partition coefficient (Wildman–Crippen LogP) is 3.27. The molecule has 11 heteroatoms. The number of carbonyl (C=O) groups is 1. The van der Waals surface area contributed by atoms with E-state index in [0.29, 0.717) is 50.0 Å². The molecular formula is C19H22F2N6O3. The molecule has 9 nitrogen and oxygen atoms in total. The summed E-state index contributed by atoms with van der Waals surface area (Å²) in [6.45, 7) is 6.74. The molecule has 0 aromatic carbocycles. The fourth-order valence-corrected chi connectivity index (χ4v) is 4.98. The maximum atomic E-state index is 13.1. The molecule has 3 aliphatic carbocycles. The van der Waals surface area contributed by atoms with E-state index in [0.717, 1.165) is 5.69 Å². The predicted molar refractivity (Wildman–Crippen MR) is 101 cm³/mol. The van der Waals surface area contributed by atoms with Crippen LogP contribution in [0.15, 0.2) is 23.2 Å². The van der Waals surface area contributed by atoms with Gasteiger partial charge in [-0.15, -0.1) is 0 Å². The number of hydrogen-bond acceptors (Lipinski definition) is 7. The number of amides is 1. The molecule has 2 aromatic rings. The molecule has 1 atom stereocenters. The summed E-state index contributed by atoms with van der Waals surface area (Å²) in [5.41, 5.74) is -0.300. The molecule has 1 N–H and O–H groups in total. The fourth-order valence-electron chi connectivity index (χ4n) is 4.98. The van der Waals surface area contributed by atoms with E-state index in [1.165, 1.54) is 6.08 Å². The first-order valence-electron chi connectivity index (χ1n) is 9.87. The zero-order valence-electron chi connectivity index (χ0n) is 16.5. The number of alkyl halides is 2. The third-order valence-electron chi connectivity index (χ3n) is 6.49. The molecular weight excluding hydrogens is 398 g/mol. The average Bonchev–Trinajstić information content (AvgIpc) is 3.25. The monoisotopic (exact) mass is 420 g/mol. The van der Waals surface area contributed by atoms with Gasteiger partial charge in [0.2, 0.25) is 6.43 Å². The summed E-state index contributed by atoms with van der Waals surface area (Å²) in [5, 5.41) is 11.1. The Morgan fingerprint density at radius 3 is 2.93 bits per heavy atom. The molecule has 30 heavy (non-hydrogen) atoms. The Labute approximate surface area is 171 Å². The van der Waals surface area contributed by atoms with Crippen molar-refractivity contribution in [2.75, 3.05) is 23.4 Å². The summed E-state index contributed by atoms with van der Waals surface area (Å²) < 4.78 is 38.4. The second-order valence-corrected chi connectivity index (χ2v) is 8.43. The Morgan fingerprint density at radius 2 is 2.23 bits per heavy atom. The van der Waals surface area contributed by atoms with Gasteiger partial charge < -0.3 is 14.2 Å². The van der Waals surface area contributed by atoms with E-state index in [1.54, 1.807) is 6.07 Å². The van der Waals surface area contributed by atoms with E-state index < -0.39 is 17.9 Å². The number of carbonyl (C=O) groups excluding carboxylic acids is 1. The smallest absolute Gasteiger partial charge is 0.413 e. The highest BCUT2D eigenvalue weighted by molar-refractivity contribution is 5.83. The number of hydrogen-bond donors (Lipinski definition) is 1. The number of anilines is 2. The summed E-state index contributed by atoms with van der Waals surface area (Å²) in [4.78, 5) is 18.2. The molecule has 2 bridgehead atoms. The standard InChI is InChI=1S/C19H22F2N6O3/c1-3-6-29-17(28)22-13-7-12-11(2)26(4-5-27(12)24-13)16-23-15(25-30-16)19-8-18(9-19,10-19)14(20)21/h3,7,11,14H,1,4-6,8-10H2,2H3,(H,22,24,28). The van der Waals surface area contributed by atoms with Gasteiger partial charge in [0.05, 0.1) is 18.3 Å². The zero-order valence-corrected chi connectivity index (χ0v) is 16.5. The molecule has 0 saturated heterocycles. The highest BCUT2D eigenvalue weighted by Gasteiger charge is 2.74. The van der Waals surface area contributed by atoms with Crippen LogP contribution in [0.25, 0.3) is 0 Å². The van der Waals surface area contributed by atoms with Gasteiger partial charge in [-0.2, -0.15) is 10.1 Å². The molecule has 0 radical (unpaired) electrons. The Kier molecular flexibility index (Phi) is 4.13. The number of fused-ring (bicyclic) bond motifs is 1. The van der Waals surface area contributed by atoms with Crippen molar-refractivity contribution in [3.05, 3.63) is 30.2 Å². The van der Waals surface area contributed by atoms with Crippen molar-refractivity contribution in [2.45, 2.75) is 50.6 Å². The van der Waals surface area contributed by atoms with Gasteiger partial charge in [-0.3, -0.25) is 10.00 Å². The topological polar surface area (TPSA) is 98.3 Å². The molecule has 3 fully saturated rings. The lowest BCUT2D eigenvalue weighted by molar-refractivity contribution is -0.225. The van der Waals surface area contributed by atoms with Crippen molar-refractivity contribution in [3.63, 3.8) is 0 Å². The number of ether oxygens (including phenoxy) is 1. The molecule has 2 aromatic heterocycles. The van der Waals surface area contributed by atoms with Gasteiger partial charge in [-0.25, -0.2) is 13.6 Å². The second kappa shape index (κ2) is 6.51. The zero-order chi connectivity index (χ0) is 21.1. The summed E-state index contributed by atoms with van der Waals surface area (Å²) in [6.07, 6.45) is -0.125. The number of halogens is 2. The molecule has 1 aliphatic heterocycles. The van der Waals surface area contributed by atoms with Gasteiger partial charge in [0, 0.05) is 23.4 Å². The first-order chi connectivity index (χ1) is 14.4. The van der Waals surface area contributed by atoms with Crippen LogP contribution in [-0.2, 0) is 16.7 Å². The second-order valence-electron chi connectivity index (χ2n) is 8.43. The van der Waals surface area contributed by atoms with E-state index in [9.17, 15) is 13.6 Å². The summed E-state index contributed by atoms with van der Waals surface area (Å²) in [5.74, 6) is 0.920. The van der Waals surface area contributed by atoms with Crippen LogP contribution in [0.2, 0.25) is 0 Å². The van der Waals surface area contributed by atoms with Crippen molar-refractivity contribution < 1.29 is 22.8 Å². The van der Waals surface area contributed by atoms with E-state index >= 15 is 0 Å². The molecule has 3 heterocycles. The van der Waals surface area contributed by atoms with Gasteiger partial charge in [-0.05, 0) is 26.2 Å². The molecule has 1 unspecified atom stereocenters. The van der Waals surface area contributed by atoms with Crippen LogP contribution in [0.5, 0.6) is 0 Å². The third-order valence-corrected chi connectivity index (χ3v) is 6.49. The highest BCUT2D eigenvalue weighted by atomic mass is 19.3. The highest BCUT2D eigenvalue weighted by Crippen LogP contribution is 2.75. The lowest BCUT2D eigenvalue weighted by Gasteiger charge is -2.68. The van der Waals surface area contributed by atoms with E-state index in [4.69, 9.17) is 9.26 Å². The van der Waals surface area contributed by atoms with Gasteiger partial charge in [-0.1, -0.05) is 17.8 Å². The van der Waals surface area contributed by atoms with Crippen LogP contribution < -0.4 is 10.2 Å². The van der Waals surface area contributed by atoms with Crippen LogP contribution >= 0.6 is 0 Å². The fraction of sp³-hybridized carbons (Fsp3) is 0.579. The van der Waals surface area contributed by atoms with Gasteiger partial charge in [0.25, 0.3) is 0 Å². The van der Waals surface area contributed by atoms with Crippen LogP contribution in [0.1, 0.15) is 43.7 Å². The van der Waals surface area contributed by atoms with Crippen molar-refractivity contribution in [2.24, 2.45) is 5.41 Å². The largest absolute Gasteiger partial charge is 0.445 e. The van der Waals surface area contributed by atoms with Crippen LogP contribution in [0, 0.1) is 5.41 Å². The molecule has 6 rings (SSSR count). The Bertz CT molecular complexity index is 983.